The van der Waals surface area contributed by atoms with Gasteiger partial charge in [0.2, 0.25) is 0 Å². The molecule has 4 nitrogen and oxygen atoms in total. The molecular formula is C18H19ClFNO3S. The third kappa shape index (κ3) is 4.12. The first-order valence-corrected chi connectivity index (χ1v) is 9.49. The lowest BCUT2D eigenvalue weighted by molar-refractivity contribution is -0.125. The van der Waals surface area contributed by atoms with E-state index in [1.807, 2.05) is 0 Å². The minimum Gasteiger partial charge on any atom is -0.451 e. The van der Waals surface area contributed by atoms with Gasteiger partial charge in [-0.15, -0.1) is 11.3 Å². The van der Waals surface area contributed by atoms with Crippen LogP contribution in [-0.2, 0) is 9.53 Å². The maximum atomic E-state index is 13.3. The van der Waals surface area contributed by atoms with Crippen molar-refractivity contribution < 1.29 is 18.7 Å². The van der Waals surface area contributed by atoms with Gasteiger partial charge in [0.1, 0.15) is 10.7 Å². The number of esters is 1. The molecule has 0 spiro atoms. The minimum absolute atomic E-state index is 0.135. The first-order chi connectivity index (χ1) is 12.0. The number of hydrogen-bond acceptors (Lipinski definition) is 4. The van der Waals surface area contributed by atoms with Crippen LogP contribution < -0.4 is 5.32 Å². The molecular weight excluding hydrogens is 365 g/mol. The average Bonchev–Trinajstić information content (AvgIpc) is 2.91. The number of benzene rings is 1. The first-order valence-electron chi connectivity index (χ1n) is 8.29. The number of ether oxygens (including phenoxy) is 1. The Kier molecular flexibility index (Phi) is 5.59. The smallest absolute Gasteiger partial charge is 0.350 e. The van der Waals surface area contributed by atoms with Crippen molar-refractivity contribution in [1.29, 1.82) is 0 Å². The van der Waals surface area contributed by atoms with Crippen LogP contribution in [0.2, 0.25) is 5.02 Å². The highest BCUT2D eigenvalue weighted by Gasteiger charge is 2.24. The van der Waals surface area contributed by atoms with Crippen molar-refractivity contribution in [3.05, 3.63) is 33.9 Å². The molecule has 0 bridgehead atoms. The van der Waals surface area contributed by atoms with E-state index in [0.717, 1.165) is 30.6 Å². The fourth-order valence-electron chi connectivity index (χ4n) is 3.15. The van der Waals surface area contributed by atoms with Gasteiger partial charge in [0.05, 0.1) is 5.02 Å². The molecule has 1 amide bonds. The Balaban J connectivity index is 1.60. The van der Waals surface area contributed by atoms with E-state index in [0.29, 0.717) is 16.0 Å². The standard InChI is InChI=1S/C18H19ClFNO3S/c1-10-4-2-3-5-13(10)21-15(22)9-24-18(23)17-16(19)12-7-6-11(20)8-14(12)25-17/h6-8,10,13H,2-5,9H2,1H3,(H,21,22)/t10-,13-/m0/s1. The maximum absolute atomic E-state index is 13.3. The predicted octanol–water partition coefficient (Wildman–Crippen LogP) is 4.55. The molecule has 7 heteroatoms. The lowest BCUT2D eigenvalue weighted by Gasteiger charge is -2.29. The summed E-state index contributed by atoms with van der Waals surface area (Å²) >= 11 is 7.24. The van der Waals surface area contributed by atoms with Crippen molar-refractivity contribution in [2.45, 2.75) is 38.6 Å². The molecule has 2 atom stereocenters. The van der Waals surface area contributed by atoms with Gasteiger partial charge in [0.25, 0.3) is 5.91 Å². The topological polar surface area (TPSA) is 55.4 Å². The third-order valence-electron chi connectivity index (χ3n) is 4.57. The quantitative estimate of drug-likeness (QED) is 0.788. The molecule has 2 aromatic rings. The van der Waals surface area contributed by atoms with Crippen molar-refractivity contribution in [2.75, 3.05) is 6.61 Å². The van der Waals surface area contributed by atoms with E-state index in [2.05, 4.69) is 12.2 Å². The molecule has 3 rings (SSSR count). The summed E-state index contributed by atoms with van der Waals surface area (Å²) in [4.78, 5) is 24.4. The Labute approximate surface area is 154 Å². The largest absolute Gasteiger partial charge is 0.451 e. The van der Waals surface area contributed by atoms with E-state index in [-0.39, 0.29) is 28.5 Å². The predicted molar refractivity (Wildman–Crippen MR) is 96.6 cm³/mol. The second-order valence-corrected chi connectivity index (χ2v) is 7.83. The van der Waals surface area contributed by atoms with Crippen molar-refractivity contribution in [3.8, 4) is 0 Å². The summed E-state index contributed by atoms with van der Waals surface area (Å²) in [6, 6.07) is 4.27. The zero-order chi connectivity index (χ0) is 18.0. The lowest BCUT2D eigenvalue weighted by atomic mass is 9.86. The summed E-state index contributed by atoms with van der Waals surface area (Å²) in [6.07, 6.45) is 4.34. The van der Waals surface area contributed by atoms with Gasteiger partial charge in [-0.1, -0.05) is 31.4 Å². The third-order valence-corrected chi connectivity index (χ3v) is 6.21. The van der Waals surface area contributed by atoms with Gasteiger partial charge in [-0.3, -0.25) is 4.79 Å². The van der Waals surface area contributed by atoms with Crippen LogP contribution in [0.25, 0.3) is 10.1 Å². The van der Waals surface area contributed by atoms with Crippen LogP contribution >= 0.6 is 22.9 Å². The molecule has 0 saturated heterocycles. The number of fused-ring (bicyclic) bond motifs is 1. The minimum atomic E-state index is -0.668. The van der Waals surface area contributed by atoms with Crippen LogP contribution in [0.3, 0.4) is 0 Å². The van der Waals surface area contributed by atoms with Crippen molar-refractivity contribution in [2.24, 2.45) is 5.92 Å². The van der Waals surface area contributed by atoms with Crippen molar-refractivity contribution >= 4 is 44.9 Å². The van der Waals surface area contributed by atoms with Crippen molar-refractivity contribution in [3.63, 3.8) is 0 Å². The Morgan fingerprint density at radius 2 is 2.12 bits per heavy atom. The number of rotatable bonds is 4. The number of thiophene rings is 1. The number of carbonyl (C=O) groups excluding carboxylic acids is 2. The number of nitrogens with one attached hydrogen (secondary N) is 1. The average molecular weight is 384 g/mol. The number of halogens is 2. The fraction of sp³-hybridized carbons (Fsp3) is 0.444. The highest BCUT2D eigenvalue weighted by Crippen LogP contribution is 2.36. The normalized spacial score (nSPS) is 20.4. The van der Waals surface area contributed by atoms with Gasteiger partial charge in [0, 0.05) is 16.1 Å². The van der Waals surface area contributed by atoms with Crippen molar-refractivity contribution in [1.82, 2.24) is 5.32 Å². The lowest BCUT2D eigenvalue weighted by Crippen LogP contribution is -2.42. The zero-order valence-electron chi connectivity index (χ0n) is 13.8. The molecule has 1 fully saturated rings. The van der Waals surface area contributed by atoms with E-state index in [9.17, 15) is 14.0 Å². The summed E-state index contributed by atoms with van der Waals surface area (Å²) in [5.74, 6) is -0.944. The Bertz CT molecular complexity index is 807. The van der Waals surface area contributed by atoms with Gasteiger partial charge in [0.15, 0.2) is 6.61 Å². The second kappa shape index (κ2) is 7.70. The summed E-state index contributed by atoms with van der Waals surface area (Å²) < 4.78 is 18.9. The van der Waals surface area contributed by atoms with E-state index < -0.39 is 11.8 Å². The summed E-state index contributed by atoms with van der Waals surface area (Å²) in [5, 5.41) is 3.75. The fourth-order valence-corrected chi connectivity index (χ4v) is 4.57. The molecule has 1 aromatic heterocycles. The highest BCUT2D eigenvalue weighted by molar-refractivity contribution is 7.21. The van der Waals surface area contributed by atoms with Gasteiger partial charge in [-0.05, 0) is 37.0 Å². The molecule has 1 N–H and O–H groups in total. The first kappa shape index (κ1) is 18.1. The molecule has 134 valence electrons. The monoisotopic (exact) mass is 383 g/mol. The number of amides is 1. The van der Waals surface area contributed by atoms with Gasteiger partial charge >= 0.3 is 5.97 Å². The molecule has 1 saturated carbocycles. The summed E-state index contributed by atoms with van der Waals surface area (Å²) in [6.45, 7) is 1.77. The zero-order valence-corrected chi connectivity index (χ0v) is 15.4. The van der Waals surface area contributed by atoms with Crippen LogP contribution in [0.15, 0.2) is 18.2 Å². The van der Waals surface area contributed by atoms with E-state index in [1.165, 1.54) is 24.6 Å². The molecule has 0 unspecified atom stereocenters. The molecule has 1 heterocycles. The van der Waals surface area contributed by atoms with Gasteiger partial charge in [-0.25, -0.2) is 9.18 Å². The SMILES string of the molecule is C[C@H]1CCCC[C@@H]1NC(=O)COC(=O)c1sc2cc(F)ccc2c1Cl. The molecule has 1 aromatic carbocycles. The van der Waals surface area contributed by atoms with Gasteiger partial charge < -0.3 is 10.1 Å². The molecule has 1 aliphatic rings. The second-order valence-electron chi connectivity index (χ2n) is 6.40. The number of hydrogen-bond donors (Lipinski definition) is 1. The Morgan fingerprint density at radius 3 is 2.88 bits per heavy atom. The summed E-state index contributed by atoms with van der Waals surface area (Å²) in [7, 11) is 0. The summed E-state index contributed by atoms with van der Waals surface area (Å²) in [5.41, 5.74) is 0. The van der Waals surface area contributed by atoms with E-state index in [1.54, 1.807) is 0 Å². The van der Waals surface area contributed by atoms with Crippen LogP contribution in [0.1, 0.15) is 42.3 Å². The van der Waals surface area contributed by atoms with Crippen LogP contribution in [0.5, 0.6) is 0 Å². The number of carbonyl (C=O) groups is 2. The van der Waals surface area contributed by atoms with Crippen LogP contribution in [0, 0.1) is 11.7 Å². The van der Waals surface area contributed by atoms with E-state index >= 15 is 0 Å². The Morgan fingerprint density at radius 1 is 1.36 bits per heavy atom. The van der Waals surface area contributed by atoms with E-state index in [4.69, 9.17) is 16.3 Å². The van der Waals surface area contributed by atoms with Crippen LogP contribution in [0.4, 0.5) is 4.39 Å². The molecule has 1 aliphatic carbocycles. The van der Waals surface area contributed by atoms with Crippen LogP contribution in [-0.4, -0.2) is 24.5 Å². The van der Waals surface area contributed by atoms with Gasteiger partial charge in [-0.2, -0.15) is 0 Å². The molecule has 25 heavy (non-hydrogen) atoms. The molecule has 0 radical (unpaired) electrons. The highest BCUT2D eigenvalue weighted by atomic mass is 35.5. The molecule has 0 aliphatic heterocycles. The Hall–Kier alpha value is -1.66. The maximum Gasteiger partial charge on any atom is 0.350 e.